The summed E-state index contributed by atoms with van der Waals surface area (Å²) in [5.74, 6) is 0.626. The predicted molar refractivity (Wildman–Crippen MR) is 172 cm³/mol. The van der Waals surface area contributed by atoms with Crippen molar-refractivity contribution in [2.75, 3.05) is 13.2 Å². The standard InChI is InChI=1S/C36H62O6/c1-5-7-9-11-13-15-17-19-21-23-25-39-35-27-34(30-42-32(4)38)36(28-33(35)29-41-31(3)37)40-26-24-22-20-18-16-14-12-10-8-6-2/h27-28H,5-26,29-30H2,1-4H3. The summed E-state index contributed by atoms with van der Waals surface area (Å²) in [6.45, 7) is 8.74. The average Bonchev–Trinajstić information content (AvgIpc) is 2.97. The van der Waals surface area contributed by atoms with E-state index >= 15 is 0 Å². The van der Waals surface area contributed by atoms with E-state index in [4.69, 9.17) is 18.9 Å². The smallest absolute Gasteiger partial charge is 0.302 e. The maximum absolute atomic E-state index is 11.5. The number of carbonyl (C=O) groups excluding carboxylic acids is 2. The van der Waals surface area contributed by atoms with Gasteiger partial charge in [0.2, 0.25) is 0 Å². The van der Waals surface area contributed by atoms with Gasteiger partial charge in [0.05, 0.1) is 13.2 Å². The molecule has 242 valence electrons. The largest absolute Gasteiger partial charge is 0.493 e. The fraction of sp³-hybridized carbons (Fsp3) is 0.778. The van der Waals surface area contributed by atoms with Gasteiger partial charge in [0, 0.05) is 25.0 Å². The van der Waals surface area contributed by atoms with Gasteiger partial charge in [-0.2, -0.15) is 0 Å². The highest BCUT2D eigenvalue weighted by molar-refractivity contribution is 5.66. The lowest BCUT2D eigenvalue weighted by atomic mass is 10.1. The minimum atomic E-state index is -0.340. The van der Waals surface area contributed by atoms with Crippen molar-refractivity contribution in [2.45, 2.75) is 169 Å². The van der Waals surface area contributed by atoms with Crippen LogP contribution in [0.4, 0.5) is 0 Å². The molecule has 0 fully saturated rings. The van der Waals surface area contributed by atoms with Crippen LogP contribution in [-0.4, -0.2) is 25.2 Å². The van der Waals surface area contributed by atoms with Crippen molar-refractivity contribution in [3.8, 4) is 11.5 Å². The first-order valence-corrected chi connectivity index (χ1v) is 17.2. The van der Waals surface area contributed by atoms with Gasteiger partial charge < -0.3 is 18.9 Å². The summed E-state index contributed by atoms with van der Waals surface area (Å²) < 4.78 is 23.0. The van der Waals surface area contributed by atoms with E-state index in [9.17, 15) is 9.59 Å². The molecule has 6 heteroatoms. The Bertz CT molecular complexity index is 754. The molecule has 42 heavy (non-hydrogen) atoms. The molecule has 0 aliphatic carbocycles. The number of hydrogen-bond donors (Lipinski definition) is 0. The summed E-state index contributed by atoms with van der Waals surface area (Å²) in [7, 11) is 0. The van der Waals surface area contributed by atoms with Gasteiger partial charge in [-0.05, 0) is 25.0 Å². The van der Waals surface area contributed by atoms with Crippen LogP contribution >= 0.6 is 0 Å². The van der Waals surface area contributed by atoms with Crippen LogP contribution in [0, 0.1) is 0 Å². The number of rotatable bonds is 28. The van der Waals surface area contributed by atoms with E-state index in [1.165, 1.54) is 117 Å². The van der Waals surface area contributed by atoms with Gasteiger partial charge in [-0.1, -0.05) is 129 Å². The normalized spacial score (nSPS) is 11.0. The number of benzene rings is 1. The van der Waals surface area contributed by atoms with Gasteiger partial charge in [-0.25, -0.2) is 0 Å². The molecule has 0 N–H and O–H groups in total. The molecule has 0 atom stereocenters. The number of hydrogen-bond acceptors (Lipinski definition) is 6. The van der Waals surface area contributed by atoms with Gasteiger partial charge in [-0.3, -0.25) is 9.59 Å². The Hall–Kier alpha value is -2.24. The first kappa shape index (κ1) is 37.8. The number of carbonyl (C=O) groups is 2. The lowest BCUT2D eigenvalue weighted by Crippen LogP contribution is -2.09. The van der Waals surface area contributed by atoms with Crippen LogP contribution in [0.3, 0.4) is 0 Å². The Morgan fingerprint density at radius 3 is 1.05 bits per heavy atom. The van der Waals surface area contributed by atoms with Crippen LogP contribution in [0.1, 0.15) is 167 Å². The monoisotopic (exact) mass is 590 g/mol. The van der Waals surface area contributed by atoms with Crippen LogP contribution in [0.25, 0.3) is 0 Å². The van der Waals surface area contributed by atoms with Crippen molar-refractivity contribution in [3.63, 3.8) is 0 Å². The maximum atomic E-state index is 11.5. The lowest BCUT2D eigenvalue weighted by Gasteiger charge is -2.18. The first-order chi connectivity index (χ1) is 20.5. The molecule has 0 radical (unpaired) electrons. The van der Waals surface area contributed by atoms with E-state index in [2.05, 4.69) is 13.8 Å². The summed E-state index contributed by atoms with van der Waals surface area (Å²) in [5.41, 5.74) is 1.53. The minimum absolute atomic E-state index is 0.116. The molecule has 0 saturated heterocycles. The Kier molecular flexibility index (Phi) is 23.7. The second-order valence-electron chi connectivity index (χ2n) is 11.7. The molecule has 0 saturated carbocycles. The maximum Gasteiger partial charge on any atom is 0.302 e. The molecule has 0 unspecified atom stereocenters. The Morgan fingerprint density at radius 1 is 0.476 bits per heavy atom. The molecule has 0 bridgehead atoms. The third-order valence-electron chi connectivity index (χ3n) is 7.62. The zero-order chi connectivity index (χ0) is 30.7. The number of esters is 2. The highest BCUT2D eigenvalue weighted by Gasteiger charge is 2.15. The topological polar surface area (TPSA) is 71.1 Å². The minimum Gasteiger partial charge on any atom is -0.493 e. The molecule has 0 aromatic heterocycles. The number of unbranched alkanes of at least 4 members (excludes halogenated alkanes) is 18. The van der Waals surface area contributed by atoms with Crippen molar-refractivity contribution >= 4 is 11.9 Å². The summed E-state index contributed by atoms with van der Waals surface area (Å²) in [5, 5.41) is 0. The molecule has 0 aliphatic heterocycles. The Morgan fingerprint density at radius 2 is 0.762 bits per heavy atom. The molecule has 0 heterocycles. The highest BCUT2D eigenvalue weighted by Crippen LogP contribution is 2.31. The number of ether oxygens (including phenoxy) is 4. The molecular weight excluding hydrogens is 528 g/mol. The third kappa shape index (κ3) is 20.6. The van der Waals surface area contributed by atoms with E-state index in [0.29, 0.717) is 24.7 Å². The van der Waals surface area contributed by atoms with Crippen LogP contribution < -0.4 is 9.47 Å². The molecule has 1 rings (SSSR count). The van der Waals surface area contributed by atoms with E-state index in [1.807, 2.05) is 12.1 Å². The molecule has 0 spiro atoms. The first-order valence-electron chi connectivity index (χ1n) is 17.2. The van der Waals surface area contributed by atoms with Gasteiger partial charge >= 0.3 is 11.9 Å². The summed E-state index contributed by atoms with van der Waals surface area (Å²) in [6.07, 6.45) is 25.3. The molecular formula is C36H62O6. The molecule has 1 aromatic carbocycles. The molecule has 6 nitrogen and oxygen atoms in total. The quantitative estimate of drug-likeness (QED) is 0.0714. The molecule has 1 aromatic rings. The average molecular weight is 591 g/mol. The summed E-state index contributed by atoms with van der Waals surface area (Å²) in [4.78, 5) is 23.1. The molecule has 0 aliphatic rings. The van der Waals surface area contributed by atoms with Crippen LogP contribution in [-0.2, 0) is 32.3 Å². The van der Waals surface area contributed by atoms with Crippen LogP contribution in [0.15, 0.2) is 12.1 Å². The molecule has 0 amide bonds. The second-order valence-corrected chi connectivity index (χ2v) is 11.7. The lowest BCUT2D eigenvalue weighted by molar-refractivity contribution is -0.143. The van der Waals surface area contributed by atoms with Gasteiger partial charge in [0.1, 0.15) is 24.7 Å². The van der Waals surface area contributed by atoms with Crippen molar-refractivity contribution < 1.29 is 28.5 Å². The zero-order valence-corrected chi connectivity index (χ0v) is 27.6. The van der Waals surface area contributed by atoms with Gasteiger partial charge in [-0.15, -0.1) is 0 Å². The van der Waals surface area contributed by atoms with E-state index < -0.39 is 0 Å². The van der Waals surface area contributed by atoms with E-state index in [0.717, 1.165) is 36.8 Å². The van der Waals surface area contributed by atoms with Crippen LogP contribution in [0.2, 0.25) is 0 Å². The fourth-order valence-electron chi connectivity index (χ4n) is 5.04. The SMILES string of the molecule is CCCCCCCCCCCCOc1cc(COC(C)=O)c(OCCCCCCCCCCCC)cc1COC(C)=O. The summed E-state index contributed by atoms with van der Waals surface area (Å²) in [6, 6.07) is 3.76. The predicted octanol–water partition coefficient (Wildman–Crippen LogP) is 10.4. The van der Waals surface area contributed by atoms with Crippen molar-refractivity contribution in [1.82, 2.24) is 0 Å². The van der Waals surface area contributed by atoms with Gasteiger partial charge in [0.15, 0.2) is 0 Å². The van der Waals surface area contributed by atoms with E-state index in [1.54, 1.807) is 0 Å². The highest BCUT2D eigenvalue weighted by atomic mass is 16.5. The van der Waals surface area contributed by atoms with E-state index in [-0.39, 0.29) is 25.2 Å². The second kappa shape index (κ2) is 26.4. The van der Waals surface area contributed by atoms with Crippen LogP contribution in [0.5, 0.6) is 11.5 Å². The zero-order valence-electron chi connectivity index (χ0n) is 27.6. The Balaban J connectivity index is 2.60. The van der Waals surface area contributed by atoms with Crippen molar-refractivity contribution in [1.29, 1.82) is 0 Å². The van der Waals surface area contributed by atoms with Crippen molar-refractivity contribution in [3.05, 3.63) is 23.3 Å². The fourth-order valence-corrected chi connectivity index (χ4v) is 5.04. The third-order valence-corrected chi connectivity index (χ3v) is 7.62. The van der Waals surface area contributed by atoms with Gasteiger partial charge in [0.25, 0.3) is 0 Å². The van der Waals surface area contributed by atoms with Crippen molar-refractivity contribution in [2.24, 2.45) is 0 Å². The summed E-state index contributed by atoms with van der Waals surface area (Å²) >= 11 is 0. The Labute approximate surface area is 257 Å².